The monoisotopic (exact) mass is 194 g/mol. The molecule has 1 heterocycles. The Balaban J connectivity index is 2.72. The van der Waals surface area contributed by atoms with E-state index < -0.39 is 10.2 Å². The second-order valence-corrected chi connectivity index (χ2v) is 4.49. The number of nitrogens with zero attached hydrogens (tertiary/aromatic N) is 1. The van der Waals surface area contributed by atoms with Gasteiger partial charge in [-0.2, -0.15) is 12.7 Å². The zero-order chi connectivity index (χ0) is 9.19. The third-order valence-electron chi connectivity index (χ3n) is 2.11. The van der Waals surface area contributed by atoms with Gasteiger partial charge in [-0.05, 0) is 12.8 Å². The van der Waals surface area contributed by atoms with Crippen LogP contribution in [-0.4, -0.2) is 37.0 Å². The van der Waals surface area contributed by atoms with E-state index in [2.05, 4.69) is 0 Å². The van der Waals surface area contributed by atoms with Crippen molar-refractivity contribution in [3.63, 3.8) is 0 Å². The molecule has 1 atom stereocenters. The lowest BCUT2D eigenvalue weighted by Gasteiger charge is -2.31. The van der Waals surface area contributed by atoms with Gasteiger partial charge in [0.05, 0.1) is 6.61 Å². The number of aliphatic hydroxyl groups is 1. The summed E-state index contributed by atoms with van der Waals surface area (Å²) in [5, 5.41) is 13.8. The van der Waals surface area contributed by atoms with Crippen molar-refractivity contribution in [3.05, 3.63) is 0 Å². The van der Waals surface area contributed by atoms with Gasteiger partial charge < -0.3 is 5.11 Å². The first kappa shape index (κ1) is 9.91. The average Bonchev–Trinajstić information content (AvgIpc) is 2.03. The van der Waals surface area contributed by atoms with Gasteiger partial charge in [0, 0.05) is 12.6 Å². The third-order valence-corrected chi connectivity index (χ3v) is 3.25. The largest absolute Gasteiger partial charge is 0.395 e. The van der Waals surface area contributed by atoms with E-state index in [4.69, 9.17) is 10.2 Å². The van der Waals surface area contributed by atoms with E-state index in [0.717, 1.165) is 12.8 Å². The summed E-state index contributed by atoms with van der Waals surface area (Å²) in [5.41, 5.74) is 0. The van der Waals surface area contributed by atoms with Crippen molar-refractivity contribution in [1.29, 1.82) is 0 Å². The lowest BCUT2D eigenvalue weighted by atomic mass is 10.1. The highest BCUT2D eigenvalue weighted by Gasteiger charge is 2.28. The predicted octanol–water partition coefficient (Wildman–Crippen LogP) is -0.963. The zero-order valence-corrected chi connectivity index (χ0v) is 7.63. The van der Waals surface area contributed by atoms with E-state index in [0.29, 0.717) is 13.0 Å². The van der Waals surface area contributed by atoms with Crippen LogP contribution in [0.2, 0.25) is 0 Å². The van der Waals surface area contributed by atoms with Crippen LogP contribution in [0.25, 0.3) is 0 Å². The highest BCUT2D eigenvalue weighted by molar-refractivity contribution is 7.86. The smallest absolute Gasteiger partial charge is 0.277 e. The van der Waals surface area contributed by atoms with Crippen molar-refractivity contribution in [2.24, 2.45) is 5.14 Å². The summed E-state index contributed by atoms with van der Waals surface area (Å²) in [4.78, 5) is 0. The van der Waals surface area contributed by atoms with Crippen molar-refractivity contribution in [2.75, 3.05) is 13.2 Å². The summed E-state index contributed by atoms with van der Waals surface area (Å²) in [6.07, 6.45) is 2.48. The number of nitrogens with two attached hydrogens (primary N) is 1. The zero-order valence-electron chi connectivity index (χ0n) is 6.81. The molecule has 0 bridgehead atoms. The predicted molar refractivity (Wildman–Crippen MR) is 44.5 cm³/mol. The minimum Gasteiger partial charge on any atom is -0.395 e. The molecule has 12 heavy (non-hydrogen) atoms. The maximum absolute atomic E-state index is 10.9. The average molecular weight is 194 g/mol. The molecule has 72 valence electrons. The first-order valence-electron chi connectivity index (χ1n) is 3.96. The van der Waals surface area contributed by atoms with Gasteiger partial charge in [0.2, 0.25) is 0 Å². The van der Waals surface area contributed by atoms with Gasteiger partial charge in [0.1, 0.15) is 0 Å². The molecule has 0 amide bonds. The van der Waals surface area contributed by atoms with E-state index in [9.17, 15) is 8.42 Å². The Morgan fingerprint density at radius 1 is 1.50 bits per heavy atom. The second kappa shape index (κ2) is 3.69. The van der Waals surface area contributed by atoms with E-state index in [1.807, 2.05) is 0 Å². The summed E-state index contributed by atoms with van der Waals surface area (Å²) in [6, 6.07) is -0.311. The van der Waals surface area contributed by atoms with Crippen LogP contribution in [0.1, 0.15) is 19.3 Å². The second-order valence-electron chi connectivity index (χ2n) is 2.99. The molecular formula is C6H14N2O3S. The van der Waals surface area contributed by atoms with Crippen LogP contribution in [-0.2, 0) is 10.2 Å². The molecular weight excluding hydrogens is 180 g/mol. The molecule has 0 spiro atoms. The number of hydrogen-bond donors (Lipinski definition) is 2. The molecule has 0 aromatic rings. The molecule has 1 aliphatic rings. The van der Waals surface area contributed by atoms with Gasteiger partial charge >= 0.3 is 0 Å². The first-order valence-corrected chi connectivity index (χ1v) is 5.46. The van der Waals surface area contributed by atoms with Crippen LogP contribution in [0, 0.1) is 0 Å². The Morgan fingerprint density at radius 3 is 2.58 bits per heavy atom. The molecule has 5 nitrogen and oxygen atoms in total. The van der Waals surface area contributed by atoms with Gasteiger partial charge in [-0.1, -0.05) is 6.42 Å². The van der Waals surface area contributed by atoms with Crippen molar-refractivity contribution in [1.82, 2.24) is 4.31 Å². The topological polar surface area (TPSA) is 83.6 Å². The molecule has 1 aliphatic heterocycles. The summed E-state index contributed by atoms with van der Waals surface area (Å²) >= 11 is 0. The molecule has 6 heteroatoms. The van der Waals surface area contributed by atoms with Gasteiger partial charge in [0.25, 0.3) is 10.2 Å². The van der Waals surface area contributed by atoms with Crippen LogP contribution in [0.3, 0.4) is 0 Å². The standard InChI is InChI=1S/C6H14N2O3S/c7-12(10,11)8-4-2-1-3-6(8)5-9/h6,9H,1-5H2,(H2,7,10,11). The Hall–Kier alpha value is -0.170. The van der Waals surface area contributed by atoms with Gasteiger partial charge in [-0.25, -0.2) is 5.14 Å². The quantitative estimate of drug-likeness (QED) is 0.593. The molecule has 3 N–H and O–H groups in total. The van der Waals surface area contributed by atoms with Crippen molar-refractivity contribution in [2.45, 2.75) is 25.3 Å². The van der Waals surface area contributed by atoms with E-state index in [1.165, 1.54) is 4.31 Å². The fourth-order valence-electron chi connectivity index (χ4n) is 1.49. The highest BCUT2D eigenvalue weighted by atomic mass is 32.2. The molecule has 0 saturated carbocycles. The fraction of sp³-hybridized carbons (Fsp3) is 1.00. The Morgan fingerprint density at radius 2 is 2.17 bits per heavy atom. The van der Waals surface area contributed by atoms with Crippen LogP contribution in [0.15, 0.2) is 0 Å². The Bertz CT molecular complexity index is 239. The minimum absolute atomic E-state index is 0.142. The SMILES string of the molecule is NS(=O)(=O)N1CCCCC1CO. The minimum atomic E-state index is -3.61. The number of hydrogen-bond acceptors (Lipinski definition) is 3. The maximum Gasteiger partial charge on any atom is 0.277 e. The summed E-state index contributed by atoms with van der Waals surface area (Å²) < 4.78 is 23.1. The number of piperidine rings is 1. The molecule has 1 fully saturated rings. The molecule has 1 saturated heterocycles. The van der Waals surface area contributed by atoms with E-state index in [1.54, 1.807) is 0 Å². The van der Waals surface area contributed by atoms with Gasteiger partial charge in [-0.3, -0.25) is 0 Å². The van der Waals surface area contributed by atoms with Crippen molar-refractivity contribution >= 4 is 10.2 Å². The van der Waals surface area contributed by atoms with Gasteiger partial charge in [0.15, 0.2) is 0 Å². The summed E-state index contributed by atoms with van der Waals surface area (Å²) in [5.74, 6) is 0. The van der Waals surface area contributed by atoms with Crippen LogP contribution in [0.5, 0.6) is 0 Å². The van der Waals surface area contributed by atoms with Gasteiger partial charge in [-0.15, -0.1) is 0 Å². The lowest BCUT2D eigenvalue weighted by molar-refractivity contribution is 0.155. The summed E-state index contributed by atoms with van der Waals surface area (Å²) in [6.45, 7) is 0.292. The normalized spacial score (nSPS) is 27.3. The molecule has 0 aromatic heterocycles. The molecule has 1 rings (SSSR count). The van der Waals surface area contributed by atoms with E-state index >= 15 is 0 Å². The first-order chi connectivity index (χ1) is 5.55. The fourth-order valence-corrected chi connectivity index (χ4v) is 2.46. The molecule has 0 aliphatic carbocycles. The maximum atomic E-state index is 10.9. The number of rotatable bonds is 2. The third kappa shape index (κ3) is 2.16. The van der Waals surface area contributed by atoms with Crippen LogP contribution >= 0.6 is 0 Å². The Labute approximate surface area is 72.3 Å². The van der Waals surface area contributed by atoms with Crippen LogP contribution in [0.4, 0.5) is 0 Å². The summed E-state index contributed by atoms with van der Waals surface area (Å²) in [7, 11) is -3.61. The molecule has 0 radical (unpaired) electrons. The highest BCUT2D eigenvalue weighted by Crippen LogP contribution is 2.17. The lowest BCUT2D eigenvalue weighted by Crippen LogP contribution is -2.48. The number of aliphatic hydroxyl groups excluding tert-OH is 1. The van der Waals surface area contributed by atoms with E-state index in [-0.39, 0.29) is 12.6 Å². The molecule has 0 aromatic carbocycles. The van der Waals surface area contributed by atoms with Crippen molar-refractivity contribution < 1.29 is 13.5 Å². The van der Waals surface area contributed by atoms with Crippen molar-refractivity contribution in [3.8, 4) is 0 Å². The van der Waals surface area contributed by atoms with Crippen LogP contribution < -0.4 is 5.14 Å². The Kier molecular flexibility index (Phi) is 3.05. The molecule has 1 unspecified atom stereocenters.